The van der Waals surface area contributed by atoms with E-state index in [0.29, 0.717) is 0 Å². The Balaban J connectivity index is 0.000000122. The maximum Gasteiger partial charge on any atom is 0.165 e. The Labute approximate surface area is 522 Å². The van der Waals surface area contributed by atoms with Crippen molar-refractivity contribution in [3.63, 3.8) is 0 Å². The van der Waals surface area contributed by atoms with Gasteiger partial charge in [0.05, 0.1) is 44.1 Å². The molecular formula is C82H50N6S2. The number of nitrogens with zero attached hydrogens (tertiary/aromatic N) is 6. The lowest BCUT2D eigenvalue weighted by molar-refractivity contribution is 0.660. The largest absolute Gasteiger partial charge is 0.291 e. The fourth-order valence-electron chi connectivity index (χ4n) is 16.4. The molecule has 2 aliphatic rings. The van der Waals surface area contributed by atoms with Crippen LogP contribution in [0.3, 0.4) is 0 Å². The van der Waals surface area contributed by atoms with Crippen LogP contribution in [0, 0.1) is 0 Å². The number of hydrogen-bond donors (Lipinski definition) is 0. The summed E-state index contributed by atoms with van der Waals surface area (Å²) in [6.07, 6.45) is 0. The molecule has 8 heteroatoms. The van der Waals surface area contributed by atoms with Crippen LogP contribution in [0.1, 0.15) is 49.9 Å². The molecule has 0 bridgehead atoms. The fourth-order valence-corrected chi connectivity index (χ4v) is 18.8. The molecule has 0 atom stereocenters. The van der Waals surface area contributed by atoms with E-state index in [-0.39, 0.29) is 10.8 Å². The fraction of sp³-hybridized carbons (Fsp3) is 0.0732. The Hall–Kier alpha value is -10.6. The van der Waals surface area contributed by atoms with Crippen molar-refractivity contribution in [3.05, 3.63) is 253 Å². The standard InChI is InChI=1S/2C41H25N3S/c1-41(2)29-11-5-3-9-24(29)25-17-15-23(20-30(25)41)22-16-18-33-27(19-22)37-36-26-10-4-8-14-34(26)45-35(36)21-28-38-40(44(33)39(28)37)43-32-13-7-6-12-31(32)42-38;1-41(2)29-11-5-3-9-24(29)26-19-22(15-17-30(26)41)23-16-18-33-27(20-23)37-36-25-10-4-8-14-34(25)45-35(36)21-28-38-40(44(33)39(28)37)43-32-13-7-6-12-31(32)42-38/h2*3-21H,1-2H3. The first kappa shape index (κ1) is 49.4. The van der Waals surface area contributed by atoms with Crippen LogP contribution in [0.4, 0.5) is 0 Å². The third-order valence-electron chi connectivity index (χ3n) is 20.6. The number of rotatable bonds is 2. The van der Waals surface area contributed by atoms with Crippen molar-refractivity contribution < 1.29 is 0 Å². The van der Waals surface area contributed by atoms with Crippen molar-refractivity contribution in [2.75, 3.05) is 0 Å². The molecular weight excluding hydrogens is 1130 g/mol. The number of para-hydroxylation sites is 4. The summed E-state index contributed by atoms with van der Waals surface area (Å²) in [4.78, 5) is 20.8. The van der Waals surface area contributed by atoms with Crippen LogP contribution < -0.4 is 0 Å². The van der Waals surface area contributed by atoms with Crippen LogP contribution in [0.25, 0.3) is 184 Å². The molecule has 90 heavy (non-hydrogen) atoms. The summed E-state index contributed by atoms with van der Waals surface area (Å²) in [5.41, 5.74) is 28.2. The summed E-state index contributed by atoms with van der Waals surface area (Å²) in [6, 6.07) is 84.6. The number of aromatic nitrogens is 6. The second-order valence-electron chi connectivity index (χ2n) is 26.0. The van der Waals surface area contributed by atoms with Gasteiger partial charge < -0.3 is 0 Å². The first-order valence-corrected chi connectivity index (χ1v) is 32.7. The van der Waals surface area contributed by atoms with E-state index < -0.39 is 0 Å². The Morgan fingerprint density at radius 3 is 1.23 bits per heavy atom. The molecule has 420 valence electrons. The summed E-state index contributed by atoms with van der Waals surface area (Å²) >= 11 is 3.74. The van der Waals surface area contributed by atoms with Crippen LogP contribution in [0.15, 0.2) is 231 Å². The van der Waals surface area contributed by atoms with Crippen LogP contribution in [-0.4, -0.2) is 28.7 Å². The smallest absolute Gasteiger partial charge is 0.165 e. The highest BCUT2D eigenvalue weighted by atomic mass is 32.1. The molecule has 6 nitrogen and oxygen atoms in total. The quantitative estimate of drug-likeness (QED) is 0.173. The lowest BCUT2D eigenvalue weighted by Crippen LogP contribution is -2.14. The minimum atomic E-state index is -0.0370. The van der Waals surface area contributed by atoms with Gasteiger partial charge in [-0.1, -0.05) is 173 Å². The average Bonchev–Trinajstić information content (AvgIpc) is 1.53. The lowest BCUT2D eigenvalue weighted by Gasteiger charge is -2.22. The Morgan fingerprint density at radius 1 is 0.289 bits per heavy atom. The van der Waals surface area contributed by atoms with Gasteiger partial charge in [0.1, 0.15) is 11.0 Å². The van der Waals surface area contributed by atoms with Gasteiger partial charge in [-0.2, -0.15) is 0 Å². The van der Waals surface area contributed by atoms with Gasteiger partial charge in [0.2, 0.25) is 0 Å². The minimum Gasteiger partial charge on any atom is -0.291 e. The van der Waals surface area contributed by atoms with Crippen molar-refractivity contribution >= 4 is 162 Å². The third kappa shape index (κ3) is 6.31. The van der Waals surface area contributed by atoms with E-state index in [1.54, 1.807) is 0 Å². The van der Waals surface area contributed by atoms with E-state index in [1.165, 1.54) is 161 Å². The van der Waals surface area contributed by atoms with Gasteiger partial charge >= 0.3 is 0 Å². The second kappa shape index (κ2) is 17.2. The van der Waals surface area contributed by atoms with Crippen LogP contribution in [0.5, 0.6) is 0 Å². The van der Waals surface area contributed by atoms with Gasteiger partial charge in [0.15, 0.2) is 11.3 Å². The molecule has 20 aromatic rings. The predicted molar refractivity (Wildman–Crippen MR) is 380 cm³/mol. The molecule has 8 heterocycles. The molecule has 0 spiro atoms. The van der Waals surface area contributed by atoms with Gasteiger partial charge in [-0.3, -0.25) is 8.80 Å². The molecule has 0 amide bonds. The van der Waals surface area contributed by atoms with E-state index in [0.717, 1.165) is 44.4 Å². The zero-order valence-electron chi connectivity index (χ0n) is 49.4. The van der Waals surface area contributed by atoms with Crippen molar-refractivity contribution in [3.8, 4) is 44.5 Å². The first-order chi connectivity index (χ1) is 44.1. The van der Waals surface area contributed by atoms with Crippen molar-refractivity contribution in [2.45, 2.75) is 38.5 Å². The van der Waals surface area contributed by atoms with Crippen molar-refractivity contribution in [2.24, 2.45) is 0 Å². The summed E-state index contributed by atoms with van der Waals surface area (Å²) in [5.74, 6) is 0. The highest BCUT2D eigenvalue weighted by Crippen LogP contribution is 2.54. The molecule has 2 aliphatic carbocycles. The van der Waals surface area contributed by atoms with E-state index in [1.807, 2.05) is 46.9 Å². The van der Waals surface area contributed by atoms with Crippen LogP contribution >= 0.6 is 22.7 Å². The molecule has 22 rings (SSSR count). The summed E-state index contributed by atoms with van der Waals surface area (Å²) in [6.45, 7) is 9.39. The Bertz CT molecular complexity index is 6610. The number of benzene rings is 12. The first-order valence-electron chi connectivity index (χ1n) is 31.0. The third-order valence-corrected chi connectivity index (χ3v) is 22.8. The Morgan fingerprint density at radius 2 is 0.689 bits per heavy atom. The lowest BCUT2D eigenvalue weighted by atomic mass is 9.81. The molecule has 0 saturated heterocycles. The van der Waals surface area contributed by atoms with Crippen molar-refractivity contribution in [1.29, 1.82) is 0 Å². The predicted octanol–water partition coefficient (Wildman–Crippen LogP) is 22.2. The van der Waals surface area contributed by atoms with Gasteiger partial charge in [0.25, 0.3) is 0 Å². The maximum atomic E-state index is 5.21. The van der Waals surface area contributed by atoms with Crippen LogP contribution in [-0.2, 0) is 10.8 Å². The molecule has 8 aromatic heterocycles. The number of fused-ring (bicyclic) bond motifs is 28. The Kier molecular flexibility index (Phi) is 9.41. The number of hydrogen-bond acceptors (Lipinski definition) is 6. The summed E-state index contributed by atoms with van der Waals surface area (Å²) in [7, 11) is 0. The highest BCUT2D eigenvalue weighted by molar-refractivity contribution is 7.26. The monoisotopic (exact) mass is 1180 g/mol. The molecule has 0 aliphatic heterocycles. The molecule has 0 saturated carbocycles. The highest BCUT2D eigenvalue weighted by Gasteiger charge is 2.37. The molecule has 0 N–H and O–H groups in total. The normalized spacial score (nSPS) is 14.2. The summed E-state index contributed by atoms with van der Waals surface area (Å²) < 4.78 is 9.95. The van der Waals surface area contributed by atoms with Gasteiger partial charge in [-0.15, -0.1) is 22.7 Å². The zero-order valence-corrected chi connectivity index (χ0v) is 51.1. The zero-order chi connectivity index (χ0) is 59.2. The van der Waals surface area contributed by atoms with Crippen molar-refractivity contribution in [1.82, 2.24) is 28.7 Å². The molecule has 0 fully saturated rings. The molecule has 0 radical (unpaired) electrons. The van der Waals surface area contributed by atoms with Gasteiger partial charge in [-0.05, 0) is 152 Å². The minimum absolute atomic E-state index is 0.000549. The summed E-state index contributed by atoms with van der Waals surface area (Å²) in [5, 5.41) is 12.8. The average molecular weight is 1180 g/mol. The topological polar surface area (TPSA) is 60.4 Å². The van der Waals surface area contributed by atoms with E-state index in [2.05, 4.69) is 243 Å². The maximum absolute atomic E-state index is 5.21. The van der Waals surface area contributed by atoms with Crippen LogP contribution in [0.2, 0.25) is 0 Å². The van der Waals surface area contributed by atoms with E-state index >= 15 is 0 Å². The van der Waals surface area contributed by atoms with E-state index in [9.17, 15) is 0 Å². The number of thiophene rings is 2. The molecule has 0 unspecified atom stereocenters. The van der Waals surface area contributed by atoms with Gasteiger partial charge in [-0.25, -0.2) is 19.9 Å². The van der Waals surface area contributed by atoms with E-state index in [4.69, 9.17) is 19.9 Å². The van der Waals surface area contributed by atoms with Gasteiger partial charge in [0, 0.05) is 83.5 Å². The SMILES string of the molecule is CC1(C)c2ccccc2-c2cc(-c3ccc4c(c3)c3c5c(cc6c7nc8ccccc8nc7n4c63)sc3ccccc35)ccc21.CC1(C)c2ccccc2-c2ccc(-c3ccc4c(c3)c3c5c(cc6c7nc8ccccc8nc7n4c63)sc3ccccc35)cc21. The molecule has 12 aromatic carbocycles. The second-order valence-corrected chi connectivity index (χ2v) is 28.2.